The van der Waals surface area contributed by atoms with Gasteiger partial charge in [0.15, 0.2) is 0 Å². The number of anilines is 1. The lowest BCUT2D eigenvalue weighted by Crippen LogP contribution is -2.30. The normalized spacial score (nSPS) is 9.95. The lowest BCUT2D eigenvalue weighted by atomic mass is 10.1. The summed E-state index contributed by atoms with van der Waals surface area (Å²) in [6.45, 7) is 2.67. The third kappa shape index (κ3) is 4.43. The molecule has 0 unspecified atom stereocenters. The van der Waals surface area contributed by atoms with E-state index in [1.54, 1.807) is 24.5 Å². The van der Waals surface area contributed by atoms with Gasteiger partial charge in [-0.3, -0.25) is 4.98 Å². The predicted molar refractivity (Wildman–Crippen MR) is 76.1 cm³/mol. The highest BCUT2D eigenvalue weighted by atomic mass is 16.2. The Morgan fingerprint density at radius 2 is 2.16 bits per heavy atom. The van der Waals surface area contributed by atoms with Crippen LogP contribution in [0.15, 0.2) is 48.8 Å². The molecule has 0 atom stereocenters. The minimum Gasteiger partial charge on any atom is -0.338 e. The summed E-state index contributed by atoms with van der Waals surface area (Å²) in [5, 5.41) is 5.55. The fourth-order valence-corrected chi connectivity index (χ4v) is 1.80. The molecule has 0 spiro atoms. The molecular formula is C15H17N3O. The highest BCUT2D eigenvalue weighted by Crippen LogP contribution is 2.04. The van der Waals surface area contributed by atoms with Crippen molar-refractivity contribution in [1.29, 1.82) is 0 Å². The van der Waals surface area contributed by atoms with Crippen LogP contribution in [0, 0.1) is 6.92 Å². The second-order valence-electron chi connectivity index (χ2n) is 4.36. The molecular weight excluding hydrogens is 238 g/mol. The molecule has 0 bridgehead atoms. The molecule has 0 aliphatic carbocycles. The molecule has 0 saturated carbocycles. The molecule has 4 nitrogen and oxygen atoms in total. The molecule has 0 fully saturated rings. The van der Waals surface area contributed by atoms with Crippen molar-refractivity contribution in [3.8, 4) is 0 Å². The van der Waals surface area contributed by atoms with Gasteiger partial charge in [0, 0.05) is 12.7 Å². The zero-order valence-electron chi connectivity index (χ0n) is 10.9. The highest BCUT2D eigenvalue weighted by Gasteiger charge is 2.00. The fraction of sp³-hybridized carbons (Fsp3) is 0.200. The molecule has 0 saturated heterocycles. The van der Waals surface area contributed by atoms with Gasteiger partial charge in [-0.1, -0.05) is 29.8 Å². The van der Waals surface area contributed by atoms with E-state index in [0.29, 0.717) is 12.2 Å². The third-order valence-electron chi connectivity index (χ3n) is 2.70. The quantitative estimate of drug-likeness (QED) is 0.882. The molecule has 1 aromatic heterocycles. The summed E-state index contributed by atoms with van der Waals surface area (Å²) in [7, 11) is 0. The number of nitrogens with one attached hydrogen (secondary N) is 2. The highest BCUT2D eigenvalue weighted by molar-refractivity contribution is 5.88. The van der Waals surface area contributed by atoms with Crippen LogP contribution in [0.3, 0.4) is 0 Å². The van der Waals surface area contributed by atoms with E-state index in [1.807, 2.05) is 6.07 Å². The Bertz CT molecular complexity index is 540. The van der Waals surface area contributed by atoms with Crippen molar-refractivity contribution in [2.24, 2.45) is 0 Å². The lowest BCUT2D eigenvalue weighted by Gasteiger charge is -2.07. The molecule has 1 heterocycles. The molecule has 0 radical (unpaired) electrons. The van der Waals surface area contributed by atoms with Crippen molar-refractivity contribution in [1.82, 2.24) is 10.3 Å². The third-order valence-corrected chi connectivity index (χ3v) is 2.70. The Balaban J connectivity index is 1.75. The van der Waals surface area contributed by atoms with E-state index in [1.165, 1.54) is 11.1 Å². The maximum Gasteiger partial charge on any atom is 0.319 e. The molecule has 1 aromatic carbocycles. The number of benzene rings is 1. The van der Waals surface area contributed by atoms with Gasteiger partial charge in [-0.25, -0.2) is 4.79 Å². The Morgan fingerprint density at radius 1 is 1.26 bits per heavy atom. The predicted octanol–water partition coefficient (Wildman–Crippen LogP) is 2.75. The van der Waals surface area contributed by atoms with E-state index < -0.39 is 0 Å². The molecule has 2 amide bonds. The largest absolute Gasteiger partial charge is 0.338 e. The Kier molecular flexibility index (Phi) is 4.50. The van der Waals surface area contributed by atoms with Crippen molar-refractivity contribution in [3.63, 3.8) is 0 Å². The van der Waals surface area contributed by atoms with Crippen molar-refractivity contribution in [2.45, 2.75) is 13.3 Å². The number of hydrogen-bond donors (Lipinski definition) is 2. The number of pyridine rings is 1. The van der Waals surface area contributed by atoms with E-state index in [4.69, 9.17) is 0 Å². The first-order chi connectivity index (χ1) is 9.24. The van der Waals surface area contributed by atoms with Crippen LogP contribution in [-0.4, -0.2) is 17.6 Å². The van der Waals surface area contributed by atoms with E-state index in [9.17, 15) is 4.79 Å². The van der Waals surface area contributed by atoms with E-state index in [-0.39, 0.29) is 6.03 Å². The second-order valence-corrected chi connectivity index (χ2v) is 4.36. The standard InChI is InChI=1S/C15H17N3O/c1-12-4-2-5-13(10-12)7-9-17-15(19)18-14-6-3-8-16-11-14/h2-6,8,10-11H,7,9H2,1H3,(H2,17,18,19). The number of aromatic nitrogens is 1. The SMILES string of the molecule is Cc1cccc(CCNC(=O)Nc2cccnc2)c1. The van der Waals surface area contributed by atoms with Crippen LogP contribution in [0.4, 0.5) is 10.5 Å². The van der Waals surface area contributed by atoms with Crippen molar-refractivity contribution in [3.05, 3.63) is 59.9 Å². The van der Waals surface area contributed by atoms with E-state index in [0.717, 1.165) is 6.42 Å². The number of amides is 2. The van der Waals surface area contributed by atoms with Gasteiger partial charge in [-0.2, -0.15) is 0 Å². The molecule has 2 rings (SSSR count). The minimum atomic E-state index is -0.208. The van der Waals surface area contributed by atoms with Gasteiger partial charge in [0.25, 0.3) is 0 Å². The van der Waals surface area contributed by atoms with Crippen molar-refractivity contribution in [2.75, 3.05) is 11.9 Å². The first-order valence-corrected chi connectivity index (χ1v) is 6.24. The first-order valence-electron chi connectivity index (χ1n) is 6.24. The van der Waals surface area contributed by atoms with Crippen molar-refractivity contribution >= 4 is 11.7 Å². The van der Waals surface area contributed by atoms with Gasteiger partial charge in [0.05, 0.1) is 11.9 Å². The van der Waals surface area contributed by atoms with Gasteiger partial charge in [0.1, 0.15) is 0 Å². The van der Waals surface area contributed by atoms with E-state index >= 15 is 0 Å². The summed E-state index contributed by atoms with van der Waals surface area (Å²) in [5.41, 5.74) is 3.15. The number of carbonyl (C=O) groups excluding carboxylic acids is 1. The molecule has 19 heavy (non-hydrogen) atoms. The molecule has 2 aromatic rings. The number of rotatable bonds is 4. The Hall–Kier alpha value is -2.36. The Morgan fingerprint density at radius 3 is 2.89 bits per heavy atom. The zero-order valence-corrected chi connectivity index (χ0v) is 10.9. The molecule has 4 heteroatoms. The molecule has 2 N–H and O–H groups in total. The van der Waals surface area contributed by atoms with Crippen LogP contribution in [0.25, 0.3) is 0 Å². The second kappa shape index (κ2) is 6.54. The fourth-order valence-electron chi connectivity index (χ4n) is 1.80. The Labute approximate surface area is 112 Å². The van der Waals surface area contributed by atoms with Crippen LogP contribution < -0.4 is 10.6 Å². The van der Waals surface area contributed by atoms with Crippen LogP contribution in [-0.2, 0) is 6.42 Å². The lowest BCUT2D eigenvalue weighted by molar-refractivity contribution is 0.252. The number of nitrogens with zero attached hydrogens (tertiary/aromatic N) is 1. The van der Waals surface area contributed by atoms with Crippen LogP contribution >= 0.6 is 0 Å². The van der Waals surface area contributed by atoms with Gasteiger partial charge in [-0.05, 0) is 31.0 Å². The summed E-state index contributed by atoms with van der Waals surface area (Å²) in [6, 6.07) is 11.6. The maximum absolute atomic E-state index is 11.6. The summed E-state index contributed by atoms with van der Waals surface area (Å²) < 4.78 is 0. The number of aryl methyl sites for hydroxylation is 1. The summed E-state index contributed by atoms with van der Waals surface area (Å²) >= 11 is 0. The van der Waals surface area contributed by atoms with Crippen LogP contribution in [0.5, 0.6) is 0 Å². The molecule has 0 aliphatic rings. The van der Waals surface area contributed by atoms with Crippen LogP contribution in [0.2, 0.25) is 0 Å². The first kappa shape index (κ1) is 13.1. The average molecular weight is 255 g/mol. The van der Waals surface area contributed by atoms with Gasteiger partial charge < -0.3 is 10.6 Å². The summed E-state index contributed by atoms with van der Waals surface area (Å²) in [5.74, 6) is 0. The number of carbonyl (C=O) groups is 1. The van der Waals surface area contributed by atoms with Crippen molar-refractivity contribution < 1.29 is 4.79 Å². The van der Waals surface area contributed by atoms with Gasteiger partial charge in [0.2, 0.25) is 0 Å². The number of urea groups is 1. The summed E-state index contributed by atoms with van der Waals surface area (Å²) in [4.78, 5) is 15.6. The van der Waals surface area contributed by atoms with E-state index in [2.05, 4.69) is 40.7 Å². The maximum atomic E-state index is 11.6. The topological polar surface area (TPSA) is 54.0 Å². The van der Waals surface area contributed by atoms with Crippen LogP contribution in [0.1, 0.15) is 11.1 Å². The minimum absolute atomic E-state index is 0.208. The molecule has 98 valence electrons. The zero-order chi connectivity index (χ0) is 13.5. The smallest absolute Gasteiger partial charge is 0.319 e. The number of hydrogen-bond acceptors (Lipinski definition) is 2. The average Bonchev–Trinajstić information content (AvgIpc) is 2.40. The summed E-state index contributed by atoms with van der Waals surface area (Å²) in [6.07, 6.45) is 4.10. The van der Waals surface area contributed by atoms with Gasteiger partial charge >= 0.3 is 6.03 Å². The monoisotopic (exact) mass is 255 g/mol. The molecule has 0 aliphatic heterocycles. The van der Waals surface area contributed by atoms with Gasteiger partial charge in [-0.15, -0.1) is 0 Å².